The van der Waals surface area contributed by atoms with Crippen LogP contribution in [0.2, 0.25) is 0 Å². The van der Waals surface area contributed by atoms with Gasteiger partial charge in [0.15, 0.2) is 6.29 Å². The SMILES string of the molecule is CCCc1ccc(NC(NC)N(Cc2ccc(C)cc2)C(=O)NCCC(=O)OCC)cc1C. The second-order valence-electron chi connectivity index (χ2n) is 8.13. The quantitative estimate of drug-likeness (QED) is 0.328. The Morgan fingerprint density at radius 3 is 2.39 bits per heavy atom. The molecule has 2 aromatic rings. The van der Waals surface area contributed by atoms with Gasteiger partial charge in [0.1, 0.15) is 0 Å². The number of nitrogens with one attached hydrogen (secondary N) is 3. The van der Waals surface area contributed by atoms with E-state index in [0.29, 0.717) is 13.2 Å². The van der Waals surface area contributed by atoms with Gasteiger partial charge in [0.2, 0.25) is 0 Å². The highest BCUT2D eigenvalue weighted by Crippen LogP contribution is 2.18. The van der Waals surface area contributed by atoms with Crippen molar-refractivity contribution < 1.29 is 14.3 Å². The van der Waals surface area contributed by atoms with Crippen LogP contribution >= 0.6 is 0 Å². The van der Waals surface area contributed by atoms with Gasteiger partial charge in [-0.3, -0.25) is 15.0 Å². The van der Waals surface area contributed by atoms with E-state index in [2.05, 4.69) is 41.9 Å². The molecule has 2 aromatic carbocycles. The monoisotopic (exact) mass is 454 g/mol. The smallest absolute Gasteiger partial charge is 0.320 e. The van der Waals surface area contributed by atoms with Crippen molar-refractivity contribution >= 4 is 17.7 Å². The van der Waals surface area contributed by atoms with Gasteiger partial charge in [-0.2, -0.15) is 0 Å². The van der Waals surface area contributed by atoms with E-state index < -0.39 is 6.29 Å². The second-order valence-corrected chi connectivity index (χ2v) is 8.13. The van der Waals surface area contributed by atoms with Crippen molar-refractivity contribution in [3.8, 4) is 0 Å². The first-order valence-corrected chi connectivity index (χ1v) is 11.7. The number of hydrogen-bond donors (Lipinski definition) is 3. The van der Waals surface area contributed by atoms with E-state index in [-0.39, 0.29) is 25.0 Å². The number of esters is 1. The zero-order valence-electron chi connectivity index (χ0n) is 20.5. The highest BCUT2D eigenvalue weighted by Gasteiger charge is 2.23. The minimum absolute atomic E-state index is 0.133. The summed E-state index contributed by atoms with van der Waals surface area (Å²) in [6.45, 7) is 9.02. The van der Waals surface area contributed by atoms with Crippen molar-refractivity contribution in [1.29, 1.82) is 0 Å². The number of nitrogens with zero attached hydrogens (tertiary/aromatic N) is 1. The number of aryl methyl sites for hydroxylation is 3. The predicted molar refractivity (Wildman–Crippen MR) is 133 cm³/mol. The third-order valence-electron chi connectivity index (χ3n) is 5.40. The summed E-state index contributed by atoms with van der Waals surface area (Å²) in [6.07, 6.45) is 1.83. The van der Waals surface area contributed by atoms with E-state index in [1.807, 2.05) is 44.3 Å². The molecule has 0 aliphatic heterocycles. The van der Waals surface area contributed by atoms with Crippen LogP contribution in [0.4, 0.5) is 10.5 Å². The zero-order valence-corrected chi connectivity index (χ0v) is 20.5. The summed E-state index contributed by atoms with van der Waals surface area (Å²) >= 11 is 0. The summed E-state index contributed by atoms with van der Waals surface area (Å²) in [4.78, 5) is 26.5. The lowest BCUT2D eigenvalue weighted by atomic mass is 10.0. The number of carbonyl (C=O) groups excluding carboxylic acids is 2. The predicted octanol–water partition coefficient (Wildman–Crippen LogP) is 4.34. The molecule has 2 amide bonds. The summed E-state index contributed by atoms with van der Waals surface area (Å²) in [6, 6.07) is 14.1. The number of benzene rings is 2. The Morgan fingerprint density at radius 2 is 1.79 bits per heavy atom. The highest BCUT2D eigenvalue weighted by molar-refractivity contribution is 5.76. The van der Waals surface area contributed by atoms with E-state index in [4.69, 9.17) is 4.74 Å². The molecule has 33 heavy (non-hydrogen) atoms. The molecule has 2 rings (SSSR count). The molecule has 7 heteroatoms. The third-order valence-corrected chi connectivity index (χ3v) is 5.40. The molecule has 0 saturated heterocycles. The van der Waals surface area contributed by atoms with Crippen LogP contribution in [0, 0.1) is 13.8 Å². The van der Waals surface area contributed by atoms with Crippen LogP contribution in [0.25, 0.3) is 0 Å². The number of ether oxygens (including phenoxy) is 1. The largest absolute Gasteiger partial charge is 0.466 e. The number of anilines is 1. The first-order chi connectivity index (χ1) is 15.9. The normalized spacial score (nSPS) is 11.5. The number of rotatable bonds is 12. The molecular formula is C26H38N4O3. The second kappa shape index (κ2) is 13.5. The third kappa shape index (κ3) is 8.42. The summed E-state index contributed by atoms with van der Waals surface area (Å²) in [5.41, 5.74) is 5.66. The summed E-state index contributed by atoms with van der Waals surface area (Å²) < 4.78 is 4.95. The van der Waals surface area contributed by atoms with Crippen molar-refractivity contribution in [3.63, 3.8) is 0 Å². The number of hydrogen-bond acceptors (Lipinski definition) is 5. The fourth-order valence-electron chi connectivity index (χ4n) is 3.58. The van der Waals surface area contributed by atoms with E-state index in [0.717, 1.165) is 29.7 Å². The summed E-state index contributed by atoms with van der Waals surface area (Å²) in [5, 5.41) is 9.49. The van der Waals surface area contributed by atoms with Gasteiger partial charge in [0.25, 0.3) is 0 Å². The number of carbonyl (C=O) groups is 2. The molecule has 0 saturated carbocycles. The maximum absolute atomic E-state index is 13.1. The van der Waals surface area contributed by atoms with E-state index in [1.54, 1.807) is 11.8 Å². The number of urea groups is 1. The Morgan fingerprint density at radius 1 is 1.06 bits per heavy atom. The van der Waals surface area contributed by atoms with Gasteiger partial charge >= 0.3 is 12.0 Å². The molecule has 0 spiro atoms. The first kappa shape index (κ1) is 26.2. The fraction of sp³-hybridized carbons (Fsp3) is 0.462. The van der Waals surface area contributed by atoms with Crippen LogP contribution in [0.1, 0.15) is 48.9 Å². The molecule has 7 nitrogen and oxygen atoms in total. The van der Waals surface area contributed by atoms with Crippen LogP contribution in [0.5, 0.6) is 0 Å². The molecule has 180 valence electrons. The molecule has 0 bridgehead atoms. The molecule has 0 radical (unpaired) electrons. The minimum atomic E-state index is -0.453. The maximum Gasteiger partial charge on any atom is 0.320 e. The lowest BCUT2D eigenvalue weighted by Crippen LogP contribution is -2.55. The van der Waals surface area contributed by atoms with Gasteiger partial charge < -0.3 is 15.4 Å². The van der Waals surface area contributed by atoms with Crippen LogP contribution < -0.4 is 16.0 Å². The van der Waals surface area contributed by atoms with Crippen LogP contribution in [0.3, 0.4) is 0 Å². The van der Waals surface area contributed by atoms with E-state index >= 15 is 0 Å². The van der Waals surface area contributed by atoms with Gasteiger partial charge in [0.05, 0.1) is 19.6 Å². The minimum Gasteiger partial charge on any atom is -0.466 e. The molecule has 0 aliphatic rings. The van der Waals surface area contributed by atoms with E-state index in [1.165, 1.54) is 11.1 Å². The van der Waals surface area contributed by atoms with Crippen molar-refractivity contribution in [2.45, 2.75) is 59.8 Å². The molecule has 1 unspecified atom stereocenters. The van der Waals surface area contributed by atoms with Crippen molar-refractivity contribution in [2.24, 2.45) is 0 Å². The van der Waals surface area contributed by atoms with Gasteiger partial charge in [0, 0.05) is 12.2 Å². The highest BCUT2D eigenvalue weighted by atomic mass is 16.5. The Kier molecular flexibility index (Phi) is 10.7. The molecular weight excluding hydrogens is 416 g/mol. The fourth-order valence-corrected chi connectivity index (χ4v) is 3.58. The van der Waals surface area contributed by atoms with Crippen LogP contribution in [-0.4, -0.2) is 43.4 Å². The summed E-state index contributed by atoms with van der Waals surface area (Å²) in [5.74, 6) is -0.325. The zero-order chi connectivity index (χ0) is 24.2. The first-order valence-electron chi connectivity index (χ1n) is 11.7. The van der Waals surface area contributed by atoms with Crippen molar-refractivity contribution in [3.05, 3.63) is 64.7 Å². The standard InChI is InChI=1S/C26H38N4O3/c1-6-8-22-13-14-23(17-20(22)4)29-25(27-5)30(18-21-11-9-19(3)10-12-21)26(32)28-16-15-24(31)33-7-2/h9-14,17,25,27,29H,6-8,15-16,18H2,1-5H3,(H,28,32). The topological polar surface area (TPSA) is 82.7 Å². The average Bonchev–Trinajstić information content (AvgIpc) is 2.79. The molecule has 0 aromatic heterocycles. The molecule has 1 atom stereocenters. The molecule has 3 N–H and O–H groups in total. The van der Waals surface area contributed by atoms with Gasteiger partial charge in [-0.1, -0.05) is 49.2 Å². The number of amides is 2. The average molecular weight is 455 g/mol. The lowest BCUT2D eigenvalue weighted by Gasteiger charge is -2.33. The van der Waals surface area contributed by atoms with Crippen molar-refractivity contribution in [2.75, 3.05) is 25.5 Å². The maximum atomic E-state index is 13.1. The Balaban J connectivity index is 2.17. The molecule has 0 aliphatic carbocycles. The van der Waals surface area contributed by atoms with Gasteiger partial charge in [-0.05, 0) is 63.1 Å². The molecule has 0 heterocycles. The van der Waals surface area contributed by atoms with Gasteiger partial charge in [-0.15, -0.1) is 0 Å². The Labute approximate surface area is 197 Å². The summed E-state index contributed by atoms with van der Waals surface area (Å²) in [7, 11) is 1.81. The van der Waals surface area contributed by atoms with Crippen LogP contribution in [-0.2, 0) is 22.5 Å². The van der Waals surface area contributed by atoms with Gasteiger partial charge in [-0.25, -0.2) is 4.79 Å². The Bertz CT molecular complexity index is 899. The van der Waals surface area contributed by atoms with E-state index in [9.17, 15) is 9.59 Å². The Hall–Kier alpha value is -3.06. The van der Waals surface area contributed by atoms with Crippen LogP contribution in [0.15, 0.2) is 42.5 Å². The van der Waals surface area contributed by atoms with Crippen molar-refractivity contribution in [1.82, 2.24) is 15.5 Å². The molecule has 0 fully saturated rings. The lowest BCUT2D eigenvalue weighted by molar-refractivity contribution is -0.142.